The maximum atomic E-state index is 12.0. The molecule has 0 radical (unpaired) electrons. The third kappa shape index (κ3) is 4.69. The van der Waals surface area contributed by atoms with Gasteiger partial charge in [0.2, 0.25) is 5.91 Å². The summed E-state index contributed by atoms with van der Waals surface area (Å²) in [6.07, 6.45) is 2.25. The molecule has 0 bridgehead atoms. The van der Waals surface area contributed by atoms with E-state index in [9.17, 15) is 14.7 Å². The Kier molecular flexibility index (Phi) is 6.65. The van der Waals surface area contributed by atoms with Crippen molar-refractivity contribution in [2.45, 2.75) is 51.2 Å². The van der Waals surface area contributed by atoms with E-state index in [2.05, 4.69) is 5.32 Å². The number of rotatable bonds is 7. The minimum atomic E-state index is -1.11. The average molecular weight is 289 g/mol. The van der Waals surface area contributed by atoms with E-state index in [0.29, 0.717) is 19.4 Å². The maximum absolute atomic E-state index is 12.0. The third-order valence-corrected chi connectivity index (χ3v) is 4.34. The highest BCUT2D eigenvalue weighted by molar-refractivity contribution is 7.99. The molecule has 1 aliphatic rings. The summed E-state index contributed by atoms with van der Waals surface area (Å²) in [4.78, 5) is 23.4. The summed E-state index contributed by atoms with van der Waals surface area (Å²) < 4.78 is 5.40. The van der Waals surface area contributed by atoms with Gasteiger partial charge in [0.1, 0.15) is 11.6 Å². The Hall–Kier alpha value is -0.750. The van der Waals surface area contributed by atoms with E-state index in [4.69, 9.17) is 4.74 Å². The number of carboxylic acid groups (broad SMARTS) is 1. The number of nitrogens with one attached hydrogen (secondary N) is 1. The van der Waals surface area contributed by atoms with E-state index in [-0.39, 0.29) is 5.91 Å². The lowest BCUT2D eigenvalue weighted by Gasteiger charge is -2.34. The van der Waals surface area contributed by atoms with Gasteiger partial charge in [-0.2, -0.15) is 11.8 Å². The van der Waals surface area contributed by atoms with Gasteiger partial charge in [0, 0.05) is 6.61 Å². The minimum Gasteiger partial charge on any atom is -0.480 e. The summed E-state index contributed by atoms with van der Waals surface area (Å²) >= 11 is 1.72. The summed E-state index contributed by atoms with van der Waals surface area (Å²) in [5.41, 5.74) is -1.11. The first-order chi connectivity index (χ1) is 9.02. The highest BCUT2D eigenvalue weighted by atomic mass is 32.2. The normalized spacial score (nSPS) is 19.7. The van der Waals surface area contributed by atoms with Gasteiger partial charge in [-0.1, -0.05) is 13.3 Å². The van der Waals surface area contributed by atoms with Crippen molar-refractivity contribution in [1.82, 2.24) is 5.32 Å². The molecule has 2 N–H and O–H groups in total. The Bertz CT molecular complexity index is 316. The number of hydrogen-bond acceptors (Lipinski definition) is 4. The third-order valence-electron chi connectivity index (χ3n) is 3.35. The molecule has 5 nitrogen and oxygen atoms in total. The largest absolute Gasteiger partial charge is 0.480 e. The second-order valence-electron chi connectivity index (χ2n) is 4.86. The molecule has 0 aromatic heterocycles. The number of carboxylic acids is 1. The molecule has 1 unspecified atom stereocenters. The van der Waals surface area contributed by atoms with Crippen LogP contribution in [-0.2, 0) is 14.3 Å². The van der Waals surface area contributed by atoms with Crippen molar-refractivity contribution in [3.63, 3.8) is 0 Å². The molecule has 1 aliphatic heterocycles. The number of hydrogen-bond donors (Lipinski definition) is 2. The lowest BCUT2D eigenvalue weighted by molar-refractivity contribution is -0.150. The second kappa shape index (κ2) is 7.75. The van der Waals surface area contributed by atoms with Crippen molar-refractivity contribution < 1.29 is 19.4 Å². The van der Waals surface area contributed by atoms with Crippen LogP contribution in [0.1, 0.15) is 39.5 Å². The monoisotopic (exact) mass is 289 g/mol. The molecule has 1 atom stereocenters. The van der Waals surface area contributed by atoms with Gasteiger partial charge < -0.3 is 15.2 Å². The number of aliphatic carboxylic acids is 1. The fourth-order valence-corrected chi connectivity index (χ4v) is 3.12. The molecule has 1 saturated heterocycles. The van der Waals surface area contributed by atoms with E-state index in [1.165, 1.54) is 0 Å². The summed E-state index contributed by atoms with van der Waals surface area (Å²) in [7, 11) is 0. The number of unbranched alkanes of at least 4 members (excludes halogenated alkanes) is 1. The van der Waals surface area contributed by atoms with Crippen LogP contribution in [0.2, 0.25) is 0 Å². The average Bonchev–Trinajstić information content (AvgIpc) is 2.39. The van der Waals surface area contributed by atoms with Gasteiger partial charge in [0.05, 0.1) is 0 Å². The van der Waals surface area contributed by atoms with Crippen molar-refractivity contribution in [3.05, 3.63) is 0 Å². The zero-order valence-corrected chi connectivity index (χ0v) is 12.4. The first-order valence-electron chi connectivity index (χ1n) is 6.76. The van der Waals surface area contributed by atoms with Gasteiger partial charge in [0.25, 0.3) is 0 Å². The Labute approximate surface area is 118 Å². The lowest BCUT2D eigenvalue weighted by Crippen LogP contribution is -2.58. The van der Waals surface area contributed by atoms with Crippen LogP contribution in [0.3, 0.4) is 0 Å². The molecule has 0 aliphatic carbocycles. The van der Waals surface area contributed by atoms with Crippen LogP contribution in [0, 0.1) is 0 Å². The van der Waals surface area contributed by atoms with E-state index >= 15 is 0 Å². The predicted octanol–water partition coefficient (Wildman–Crippen LogP) is 1.66. The van der Waals surface area contributed by atoms with Crippen molar-refractivity contribution in [3.8, 4) is 0 Å². The highest BCUT2D eigenvalue weighted by Gasteiger charge is 2.42. The van der Waals surface area contributed by atoms with Crippen LogP contribution in [0.25, 0.3) is 0 Å². The highest BCUT2D eigenvalue weighted by Crippen LogP contribution is 2.27. The van der Waals surface area contributed by atoms with E-state index in [0.717, 1.165) is 24.3 Å². The molecule has 0 spiro atoms. The quantitative estimate of drug-likeness (QED) is 0.697. The van der Waals surface area contributed by atoms with E-state index in [1.807, 2.05) is 6.92 Å². The smallest absolute Gasteiger partial charge is 0.329 e. The first-order valence-corrected chi connectivity index (χ1v) is 7.92. The van der Waals surface area contributed by atoms with Crippen molar-refractivity contribution in [2.75, 3.05) is 18.1 Å². The van der Waals surface area contributed by atoms with Gasteiger partial charge >= 0.3 is 5.97 Å². The number of amides is 1. The molecule has 1 heterocycles. The van der Waals surface area contributed by atoms with Crippen LogP contribution in [0.4, 0.5) is 0 Å². The molecule has 1 fully saturated rings. The number of carbonyl (C=O) groups excluding carboxylic acids is 1. The molecule has 1 amide bonds. The summed E-state index contributed by atoms with van der Waals surface area (Å²) in [5, 5.41) is 12.1. The zero-order valence-electron chi connectivity index (χ0n) is 11.6. The van der Waals surface area contributed by atoms with Gasteiger partial charge in [-0.25, -0.2) is 4.79 Å². The standard InChI is InChI=1S/C13H23NO4S/c1-3-4-7-18-10(2)11(15)14-13(12(16)17)5-8-19-9-6-13/h10H,3-9H2,1-2H3,(H,14,15)(H,16,17). The Balaban J connectivity index is 2.54. The van der Waals surface area contributed by atoms with Crippen LogP contribution in [0.5, 0.6) is 0 Å². The fraction of sp³-hybridized carbons (Fsp3) is 0.846. The molecule has 0 aromatic rings. The molecule has 19 heavy (non-hydrogen) atoms. The predicted molar refractivity (Wildman–Crippen MR) is 75.4 cm³/mol. The van der Waals surface area contributed by atoms with Gasteiger partial charge in [-0.3, -0.25) is 4.79 Å². The number of thioether (sulfide) groups is 1. The Morgan fingerprint density at radius 1 is 1.42 bits per heavy atom. The fourth-order valence-electron chi connectivity index (χ4n) is 1.93. The molecule has 0 aromatic carbocycles. The second-order valence-corrected chi connectivity index (χ2v) is 6.08. The molecular weight excluding hydrogens is 266 g/mol. The van der Waals surface area contributed by atoms with E-state index < -0.39 is 17.6 Å². The van der Waals surface area contributed by atoms with E-state index in [1.54, 1.807) is 18.7 Å². The first kappa shape index (κ1) is 16.3. The lowest BCUT2D eigenvalue weighted by atomic mass is 9.92. The van der Waals surface area contributed by atoms with Crippen molar-refractivity contribution >= 4 is 23.6 Å². The van der Waals surface area contributed by atoms with Crippen LogP contribution >= 0.6 is 11.8 Å². The van der Waals surface area contributed by atoms with Crippen molar-refractivity contribution in [1.29, 1.82) is 0 Å². The van der Waals surface area contributed by atoms with Gasteiger partial charge in [-0.15, -0.1) is 0 Å². The van der Waals surface area contributed by atoms with Crippen LogP contribution in [0.15, 0.2) is 0 Å². The zero-order chi connectivity index (χ0) is 14.3. The summed E-state index contributed by atoms with van der Waals surface area (Å²) in [6, 6.07) is 0. The number of ether oxygens (including phenoxy) is 1. The van der Waals surface area contributed by atoms with Gasteiger partial charge in [-0.05, 0) is 37.7 Å². The number of carbonyl (C=O) groups is 2. The SMILES string of the molecule is CCCCOC(C)C(=O)NC1(C(=O)O)CCSCC1. The minimum absolute atomic E-state index is 0.328. The molecule has 1 rings (SSSR count). The molecule has 0 saturated carbocycles. The Morgan fingerprint density at radius 3 is 2.58 bits per heavy atom. The molecule has 110 valence electrons. The molecular formula is C13H23NO4S. The van der Waals surface area contributed by atoms with Crippen LogP contribution < -0.4 is 5.32 Å². The van der Waals surface area contributed by atoms with Gasteiger partial charge in [0.15, 0.2) is 0 Å². The topological polar surface area (TPSA) is 75.6 Å². The molecule has 6 heteroatoms. The summed E-state index contributed by atoms with van der Waals surface area (Å²) in [5.74, 6) is 0.252. The summed E-state index contributed by atoms with van der Waals surface area (Å²) in [6.45, 7) is 4.24. The maximum Gasteiger partial charge on any atom is 0.329 e. The van der Waals surface area contributed by atoms with Crippen molar-refractivity contribution in [2.24, 2.45) is 0 Å². The Morgan fingerprint density at radius 2 is 2.05 bits per heavy atom. The van der Waals surface area contributed by atoms with Crippen LogP contribution in [-0.4, -0.2) is 46.7 Å².